The molecule has 5 saturated carbocycles. The first-order valence-corrected chi connectivity index (χ1v) is 26.1. The third-order valence-corrected chi connectivity index (χ3v) is 20.2. The van der Waals surface area contributed by atoms with Crippen molar-refractivity contribution in [3.05, 3.63) is 12.2 Å². The van der Waals surface area contributed by atoms with Crippen LogP contribution in [0.4, 0.5) is 0 Å². The molecule has 0 amide bonds. The summed E-state index contributed by atoms with van der Waals surface area (Å²) in [6.45, 7) is 25.9. The zero-order valence-electron chi connectivity index (χ0n) is 37.6. The summed E-state index contributed by atoms with van der Waals surface area (Å²) in [4.78, 5) is 46.2. The summed E-state index contributed by atoms with van der Waals surface area (Å²) in [5.41, 5.74) is 0.511. The van der Waals surface area contributed by atoms with E-state index in [0.717, 1.165) is 64.2 Å². The fourth-order valence-electron chi connectivity index (χ4n) is 15.0. The molecule has 59 heavy (non-hydrogen) atoms. The number of carbonyl (C=O) groups excluding carboxylic acids is 1. The molecule has 6 fully saturated rings. The van der Waals surface area contributed by atoms with Crippen molar-refractivity contribution in [1.82, 2.24) is 10.2 Å². The molecule has 0 radical (unpaired) electrons. The van der Waals surface area contributed by atoms with Crippen LogP contribution < -0.4 is 5.32 Å². The molecule has 12 atom stereocenters. The van der Waals surface area contributed by atoms with Crippen molar-refractivity contribution in [2.75, 3.05) is 37.5 Å². The number of hydrogen-bond donors (Lipinski definition) is 4. The number of nitrogens with zero attached hydrogens (tertiary/aromatic N) is 1. The molecular formula is C45H77N2O10PS. The Labute approximate surface area is 354 Å². The lowest BCUT2D eigenvalue weighted by Crippen LogP contribution is -2.69. The fourth-order valence-corrected chi connectivity index (χ4v) is 16.6. The second-order valence-electron chi connectivity index (χ2n) is 22.4. The minimum absolute atomic E-state index is 0.0656. The molecule has 1 saturated heterocycles. The van der Waals surface area contributed by atoms with Crippen LogP contribution in [0.5, 0.6) is 0 Å². The number of esters is 1. The van der Waals surface area contributed by atoms with Gasteiger partial charge in [0, 0.05) is 36.6 Å². The first kappa shape index (κ1) is 47.1. The number of carbonyl (C=O) groups is 2. The van der Waals surface area contributed by atoms with Crippen molar-refractivity contribution in [2.45, 2.75) is 163 Å². The van der Waals surface area contributed by atoms with E-state index in [0.29, 0.717) is 49.2 Å². The average Bonchev–Trinajstić information content (AvgIpc) is 3.48. The molecule has 14 heteroatoms. The zero-order valence-corrected chi connectivity index (χ0v) is 39.3. The van der Waals surface area contributed by atoms with Gasteiger partial charge in [0.1, 0.15) is 12.5 Å². The van der Waals surface area contributed by atoms with Gasteiger partial charge in [0.2, 0.25) is 0 Å². The van der Waals surface area contributed by atoms with Crippen LogP contribution >= 0.6 is 7.60 Å². The van der Waals surface area contributed by atoms with Crippen LogP contribution in [0.1, 0.15) is 139 Å². The lowest BCUT2D eigenvalue weighted by molar-refractivity contribution is -0.246. The van der Waals surface area contributed by atoms with Crippen molar-refractivity contribution < 1.29 is 46.9 Å². The van der Waals surface area contributed by atoms with Gasteiger partial charge in [-0.1, -0.05) is 60.6 Å². The Balaban J connectivity index is 1.23. The molecule has 12 nitrogen and oxygen atoms in total. The summed E-state index contributed by atoms with van der Waals surface area (Å²) in [7, 11) is -7.51. The number of hydrogen-bond acceptors (Lipinski definition) is 9. The zero-order chi connectivity index (χ0) is 43.8. The lowest BCUT2D eigenvalue weighted by atomic mass is 9.32. The first-order chi connectivity index (χ1) is 27.1. The van der Waals surface area contributed by atoms with E-state index in [9.17, 15) is 37.5 Å². The Kier molecular flexibility index (Phi) is 13.1. The van der Waals surface area contributed by atoms with E-state index < -0.39 is 41.3 Å². The Morgan fingerprint density at radius 2 is 1.58 bits per heavy atom. The third-order valence-electron chi connectivity index (χ3n) is 18.1. The predicted octanol–water partition coefficient (Wildman–Crippen LogP) is 7.43. The molecule has 0 aromatic heterocycles. The molecule has 0 spiro atoms. The van der Waals surface area contributed by atoms with Gasteiger partial charge in [0.25, 0.3) is 0 Å². The van der Waals surface area contributed by atoms with Crippen molar-refractivity contribution in [3.8, 4) is 0 Å². The van der Waals surface area contributed by atoms with Gasteiger partial charge in [-0.05, 0) is 129 Å². The molecule has 6 rings (SSSR count). The number of allylic oxidation sites excluding steroid dienone is 1. The second-order valence-corrected chi connectivity index (χ2v) is 26.3. The fraction of sp³-hybridized carbons (Fsp3) is 0.911. The summed E-state index contributed by atoms with van der Waals surface area (Å²) in [5.74, 6) is 1.09. The van der Waals surface area contributed by atoms with Gasteiger partial charge in [-0.3, -0.25) is 19.1 Å². The second kappa shape index (κ2) is 16.3. The topological polar surface area (TPSA) is 180 Å². The van der Waals surface area contributed by atoms with E-state index in [1.807, 2.05) is 20.8 Å². The van der Waals surface area contributed by atoms with Gasteiger partial charge in [-0.25, -0.2) is 8.42 Å². The molecular weight excluding hydrogens is 792 g/mol. The molecule has 6 aliphatic rings. The predicted molar refractivity (Wildman–Crippen MR) is 229 cm³/mol. The number of carboxylic acid groups (broad SMARTS) is 1. The van der Waals surface area contributed by atoms with E-state index in [2.05, 4.69) is 58.3 Å². The third kappa shape index (κ3) is 8.93. The van der Waals surface area contributed by atoms with Gasteiger partial charge in [0.15, 0.2) is 9.84 Å². The average molecular weight is 869 g/mol. The van der Waals surface area contributed by atoms with E-state index >= 15 is 0 Å². The molecule has 0 bridgehead atoms. The number of aliphatic carboxylic acids is 1. The summed E-state index contributed by atoms with van der Waals surface area (Å²) < 4.78 is 48.8. The SMILES string of the molecule is C=C(C)[C@@H]1CC[C@]2(NC[C@H]([C@@H](C)OCP(=O)(O)O)N3CCS(=O)(=O)CC3)CC[C@]3(C)[C@H](CC[C@@H]4[C@@]5(C)CC[C@H](OC(=O)CC(C)(C)CC(=O)O)C(C)(C)[C@@H]5CC[C@]43C)[C@@H]12. The Morgan fingerprint density at radius 3 is 2.19 bits per heavy atom. The lowest BCUT2D eigenvalue weighted by Gasteiger charge is -2.73. The van der Waals surface area contributed by atoms with Gasteiger partial charge < -0.3 is 29.7 Å². The van der Waals surface area contributed by atoms with Crippen molar-refractivity contribution in [1.29, 1.82) is 0 Å². The van der Waals surface area contributed by atoms with Crippen LogP contribution in [0.3, 0.4) is 0 Å². The summed E-state index contributed by atoms with van der Waals surface area (Å²) in [5, 5.41) is 13.5. The number of sulfone groups is 1. The minimum Gasteiger partial charge on any atom is -0.481 e. The van der Waals surface area contributed by atoms with Crippen molar-refractivity contribution >= 4 is 29.4 Å². The van der Waals surface area contributed by atoms with E-state index in [1.165, 1.54) is 5.57 Å². The molecule has 338 valence electrons. The molecule has 1 aliphatic heterocycles. The number of ether oxygens (including phenoxy) is 2. The highest BCUT2D eigenvalue weighted by Crippen LogP contribution is 2.76. The van der Waals surface area contributed by atoms with Crippen LogP contribution in [0.25, 0.3) is 0 Å². The van der Waals surface area contributed by atoms with Gasteiger partial charge >= 0.3 is 19.5 Å². The maximum Gasteiger partial charge on any atom is 0.350 e. The van der Waals surface area contributed by atoms with Crippen LogP contribution in [0.15, 0.2) is 12.2 Å². The van der Waals surface area contributed by atoms with Crippen LogP contribution in [0, 0.1) is 56.7 Å². The van der Waals surface area contributed by atoms with Gasteiger partial charge in [-0.2, -0.15) is 0 Å². The number of rotatable bonds is 14. The van der Waals surface area contributed by atoms with E-state index in [-0.39, 0.29) is 69.7 Å². The molecule has 4 N–H and O–H groups in total. The van der Waals surface area contributed by atoms with Crippen molar-refractivity contribution in [3.63, 3.8) is 0 Å². The normalized spacial score (nSPS) is 40.4. The Bertz CT molecular complexity index is 1770. The quantitative estimate of drug-likeness (QED) is 0.0772. The molecule has 1 heterocycles. The number of nitrogens with one attached hydrogen (secondary N) is 1. The highest BCUT2D eigenvalue weighted by molar-refractivity contribution is 7.91. The Morgan fingerprint density at radius 1 is 0.915 bits per heavy atom. The Hall–Kier alpha value is -1.34. The smallest absolute Gasteiger partial charge is 0.350 e. The summed E-state index contributed by atoms with van der Waals surface area (Å²) >= 11 is 0. The van der Waals surface area contributed by atoms with Gasteiger partial charge in [-0.15, -0.1) is 0 Å². The molecule has 0 aromatic rings. The maximum atomic E-state index is 13.3. The summed E-state index contributed by atoms with van der Waals surface area (Å²) in [6, 6.07) is -0.248. The minimum atomic E-state index is -4.39. The van der Waals surface area contributed by atoms with Gasteiger partial charge in [0.05, 0.1) is 30.5 Å². The molecule has 5 aliphatic carbocycles. The van der Waals surface area contributed by atoms with Crippen LogP contribution in [-0.2, 0) is 33.5 Å². The number of carboxylic acids is 1. The molecule has 0 aromatic carbocycles. The standard InChI is InChI=1S/C45H77N2O10PS/c1-29(2)31-13-18-45(46-27-33(30(3)56-28-58(51,52)53)47-21-23-59(54,55)24-22-47)20-19-43(9)32(39(31)45)11-12-35-42(8)16-15-36(41(6,7)34(42)14-17-44(35,43)10)57-38(50)26-40(4,5)25-37(48)49/h30-36,39,46H,1,11-28H2,2-10H3,(H,48,49)(H2,51,52,53)/t30-,31+,32-,33-,34+,35-,36+,39-,42+,43-,44-,45+/m1/s1. The number of fused-ring (bicyclic) bond motifs is 7. The molecule has 0 unspecified atom stereocenters. The van der Waals surface area contributed by atoms with E-state index in [4.69, 9.17) is 9.47 Å². The largest absolute Gasteiger partial charge is 0.481 e. The summed E-state index contributed by atoms with van der Waals surface area (Å²) in [6.07, 6.45) is 9.16. The first-order valence-electron chi connectivity index (χ1n) is 22.5. The highest BCUT2D eigenvalue weighted by Gasteiger charge is 2.71. The maximum absolute atomic E-state index is 13.3. The van der Waals surface area contributed by atoms with E-state index in [1.54, 1.807) is 0 Å². The monoisotopic (exact) mass is 869 g/mol. The van der Waals surface area contributed by atoms with Crippen molar-refractivity contribution in [2.24, 2.45) is 56.7 Å². The van der Waals surface area contributed by atoms with Crippen LogP contribution in [0.2, 0.25) is 0 Å². The van der Waals surface area contributed by atoms with Crippen LogP contribution in [-0.4, -0.2) is 101 Å². The highest BCUT2D eigenvalue weighted by atomic mass is 32.2.